The average molecular weight is 293 g/mol. The minimum atomic E-state index is 0.113. The minimum Gasteiger partial charge on any atom is -0.496 e. The van der Waals surface area contributed by atoms with Crippen molar-refractivity contribution in [1.82, 2.24) is 5.32 Å². The zero-order valence-corrected chi connectivity index (χ0v) is 13.2. The molecule has 3 atom stereocenters. The maximum Gasteiger partial charge on any atom is 0.223 e. The van der Waals surface area contributed by atoms with Gasteiger partial charge in [0.1, 0.15) is 5.75 Å². The standard InChI is InChI=1S/C16H23NO2S/c1-4-11(10-20-3)17-16(18)14-9-13(14)12-7-5-6-8-15(12)19-2/h5-8,11,13-14H,4,9-10H2,1-3H3,(H,17,18)/t11-,13-,14-/m1/s1. The predicted molar refractivity (Wildman–Crippen MR) is 84.4 cm³/mol. The Morgan fingerprint density at radius 3 is 2.90 bits per heavy atom. The topological polar surface area (TPSA) is 38.3 Å². The van der Waals surface area contributed by atoms with E-state index in [-0.39, 0.29) is 17.9 Å². The van der Waals surface area contributed by atoms with E-state index >= 15 is 0 Å². The fourth-order valence-electron chi connectivity index (χ4n) is 2.57. The van der Waals surface area contributed by atoms with Crippen LogP contribution < -0.4 is 10.1 Å². The number of benzene rings is 1. The SMILES string of the molecule is CC[C@H](CSC)NC(=O)[C@@H]1C[C@@H]1c1ccccc1OC. The van der Waals surface area contributed by atoms with Crippen LogP contribution in [0.2, 0.25) is 0 Å². The van der Waals surface area contributed by atoms with Crippen molar-refractivity contribution in [3.8, 4) is 5.75 Å². The van der Waals surface area contributed by atoms with Gasteiger partial charge in [-0.2, -0.15) is 11.8 Å². The summed E-state index contributed by atoms with van der Waals surface area (Å²) in [5.74, 6) is 2.50. The molecule has 0 aliphatic heterocycles. The lowest BCUT2D eigenvalue weighted by Crippen LogP contribution is -2.37. The second-order valence-electron chi connectivity index (χ2n) is 5.26. The van der Waals surface area contributed by atoms with Crippen LogP contribution in [0.5, 0.6) is 5.75 Å². The number of carbonyl (C=O) groups is 1. The number of amides is 1. The number of hydrogen-bond acceptors (Lipinski definition) is 3. The fraction of sp³-hybridized carbons (Fsp3) is 0.562. The van der Waals surface area contributed by atoms with E-state index in [0.717, 1.165) is 29.9 Å². The summed E-state index contributed by atoms with van der Waals surface area (Å²) in [6, 6.07) is 8.29. The Morgan fingerprint density at radius 2 is 2.25 bits per heavy atom. The second-order valence-corrected chi connectivity index (χ2v) is 6.17. The van der Waals surface area contributed by atoms with Crippen LogP contribution in [0.15, 0.2) is 24.3 Å². The second kappa shape index (κ2) is 7.02. The van der Waals surface area contributed by atoms with Gasteiger partial charge in [0.05, 0.1) is 7.11 Å². The van der Waals surface area contributed by atoms with Gasteiger partial charge in [0.25, 0.3) is 0 Å². The lowest BCUT2D eigenvalue weighted by Gasteiger charge is -2.16. The van der Waals surface area contributed by atoms with Gasteiger partial charge in [0.15, 0.2) is 0 Å². The molecule has 3 nitrogen and oxygen atoms in total. The predicted octanol–water partition coefficient (Wildman–Crippen LogP) is 3.06. The zero-order valence-electron chi connectivity index (χ0n) is 12.4. The third-order valence-electron chi connectivity index (χ3n) is 3.87. The van der Waals surface area contributed by atoms with Gasteiger partial charge in [0.2, 0.25) is 5.91 Å². The third kappa shape index (κ3) is 3.48. The van der Waals surface area contributed by atoms with Gasteiger partial charge in [-0.3, -0.25) is 4.79 Å². The number of methoxy groups -OCH3 is 1. The number of ether oxygens (including phenoxy) is 1. The molecule has 1 aliphatic carbocycles. The first-order chi connectivity index (χ1) is 9.71. The molecule has 1 aromatic carbocycles. The maximum absolute atomic E-state index is 12.3. The van der Waals surface area contributed by atoms with Crippen molar-refractivity contribution in [2.45, 2.75) is 31.7 Å². The quantitative estimate of drug-likeness (QED) is 0.839. The van der Waals surface area contributed by atoms with Crippen molar-refractivity contribution in [3.05, 3.63) is 29.8 Å². The molecule has 0 unspecified atom stereocenters. The van der Waals surface area contributed by atoms with E-state index < -0.39 is 0 Å². The van der Waals surface area contributed by atoms with Crippen LogP contribution >= 0.6 is 11.8 Å². The zero-order chi connectivity index (χ0) is 14.5. The molecule has 4 heteroatoms. The molecule has 110 valence electrons. The summed E-state index contributed by atoms with van der Waals surface area (Å²) in [5.41, 5.74) is 1.16. The molecule has 1 aromatic rings. The molecule has 0 bridgehead atoms. The van der Waals surface area contributed by atoms with Crippen molar-refractivity contribution in [2.24, 2.45) is 5.92 Å². The monoisotopic (exact) mass is 293 g/mol. The van der Waals surface area contributed by atoms with Gasteiger partial charge in [0, 0.05) is 17.7 Å². The molecular formula is C16H23NO2S. The Balaban J connectivity index is 1.95. The molecule has 0 aromatic heterocycles. The molecule has 0 saturated heterocycles. The third-order valence-corrected chi connectivity index (χ3v) is 4.61. The summed E-state index contributed by atoms with van der Waals surface area (Å²) >= 11 is 1.78. The van der Waals surface area contributed by atoms with Crippen molar-refractivity contribution < 1.29 is 9.53 Å². The molecule has 0 spiro atoms. The van der Waals surface area contributed by atoms with E-state index in [1.165, 1.54) is 0 Å². The lowest BCUT2D eigenvalue weighted by molar-refractivity contribution is -0.123. The van der Waals surface area contributed by atoms with E-state index in [2.05, 4.69) is 24.6 Å². The number of thioether (sulfide) groups is 1. The van der Waals surface area contributed by atoms with E-state index in [0.29, 0.717) is 5.92 Å². The normalized spacial score (nSPS) is 22.1. The molecule has 0 heterocycles. The summed E-state index contributed by atoms with van der Waals surface area (Å²) in [6.07, 6.45) is 3.99. The van der Waals surface area contributed by atoms with Gasteiger partial charge >= 0.3 is 0 Å². The van der Waals surface area contributed by atoms with Crippen LogP contribution in [0, 0.1) is 5.92 Å². The summed E-state index contributed by atoms with van der Waals surface area (Å²) < 4.78 is 5.38. The van der Waals surface area contributed by atoms with E-state index in [4.69, 9.17) is 4.74 Å². The highest BCUT2D eigenvalue weighted by Crippen LogP contribution is 2.50. The first-order valence-electron chi connectivity index (χ1n) is 7.13. The highest BCUT2D eigenvalue weighted by molar-refractivity contribution is 7.98. The average Bonchev–Trinajstić information content (AvgIpc) is 3.27. The highest BCUT2D eigenvalue weighted by atomic mass is 32.2. The molecule has 1 saturated carbocycles. The van der Waals surface area contributed by atoms with Crippen molar-refractivity contribution in [1.29, 1.82) is 0 Å². The largest absolute Gasteiger partial charge is 0.496 e. The number of carbonyl (C=O) groups excluding carboxylic acids is 1. The maximum atomic E-state index is 12.3. The minimum absolute atomic E-state index is 0.113. The van der Waals surface area contributed by atoms with Crippen molar-refractivity contribution in [2.75, 3.05) is 19.1 Å². The molecule has 1 aliphatic rings. The number of rotatable bonds is 7. The first-order valence-corrected chi connectivity index (χ1v) is 8.52. The Morgan fingerprint density at radius 1 is 1.50 bits per heavy atom. The molecule has 20 heavy (non-hydrogen) atoms. The van der Waals surface area contributed by atoms with E-state index in [1.807, 2.05) is 18.2 Å². The molecule has 1 N–H and O–H groups in total. The van der Waals surface area contributed by atoms with Crippen LogP contribution in [0.4, 0.5) is 0 Å². The first kappa shape index (κ1) is 15.2. The van der Waals surface area contributed by atoms with Crippen LogP contribution in [-0.2, 0) is 4.79 Å². The van der Waals surface area contributed by atoms with Crippen molar-refractivity contribution in [3.63, 3.8) is 0 Å². The molecule has 1 fully saturated rings. The Kier molecular flexibility index (Phi) is 5.35. The van der Waals surface area contributed by atoms with E-state index in [9.17, 15) is 4.79 Å². The number of hydrogen-bond donors (Lipinski definition) is 1. The van der Waals surface area contributed by atoms with Crippen LogP contribution in [-0.4, -0.2) is 31.1 Å². The van der Waals surface area contributed by atoms with Gasteiger partial charge < -0.3 is 10.1 Å². The molecule has 1 amide bonds. The molecule has 2 rings (SSSR count). The van der Waals surface area contributed by atoms with Crippen LogP contribution in [0.1, 0.15) is 31.2 Å². The van der Waals surface area contributed by atoms with Gasteiger partial charge in [-0.25, -0.2) is 0 Å². The van der Waals surface area contributed by atoms with Crippen LogP contribution in [0.3, 0.4) is 0 Å². The van der Waals surface area contributed by atoms with Gasteiger partial charge in [-0.15, -0.1) is 0 Å². The van der Waals surface area contributed by atoms with Gasteiger partial charge in [-0.05, 0) is 36.6 Å². The Labute approximate surface area is 125 Å². The molecule has 0 radical (unpaired) electrons. The van der Waals surface area contributed by atoms with Crippen LogP contribution in [0.25, 0.3) is 0 Å². The smallest absolute Gasteiger partial charge is 0.223 e. The van der Waals surface area contributed by atoms with Gasteiger partial charge in [-0.1, -0.05) is 25.1 Å². The lowest BCUT2D eigenvalue weighted by atomic mass is 10.1. The summed E-state index contributed by atoms with van der Waals surface area (Å²) in [4.78, 5) is 12.3. The number of nitrogens with one attached hydrogen (secondary N) is 1. The van der Waals surface area contributed by atoms with E-state index in [1.54, 1.807) is 18.9 Å². The Bertz CT molecular complexity index is 464. The Hall–Kier alpha value is -1.16. The highest BCUT2D eigenvalue weighted by Gasteiger charge is 2.45. The summed E-state index contributed by atoms with van der Waals surface area (Å²) in [5, 5.41) is 3.17. The van der Waals surface area contributed by atoms with Crippen molar-refractivity contribution >= 4 is 17.7 Å². The summed E-state index contributed by atoms with van der Waals surface area (Å²) in [6.45, 7) is 2.12. The number of para-hydroxylation sites is 1. The summed E-state index contributed by atoms with van der Waals surface area (Å²) in [7, 11) is 1.68. The fourth-order valence-corrected chi connectivity index (χ4v) is 3.29. The molecular weight excluding hydrogens is 270 g/mol.